The first-order valence-electron chi connectivity index (χ1n) is 8.22. The Kier molecular flexibility index (Phi) is 5.19. The smallest absolute Gasteiger partial charge is 0.271 e. The van der Waals surface area contributed by atoms with Gasteiger partial charge in [-0.15, -0.1) is 0 Å². The van der Waals surface area contributed by atoms with Gasteiger partial charge in [-0.2, -0.15) is 0 Å². The van der Waals surface area contributed by atoms with Crippen molar-refractivity contribution >= 4 is 11.7 Å². The van der Waals surface area contributed by atoms with Crippen molar-refractivity contribution in [2.75, 3.05) is 5.32 Å². The number of benzene rings is 1. The van der Waals surface area contributed by atoms with Crippen LogP contribution in [0.5, 0.6) is 0 Å². The average molecular weight is 310 g/mol. The van der Waals surface area contributed by atoms with Crippen molar-refractivity contribution in [3.05, 3.63) is 54.0 Å². The first kappa shape index (κ1) is 15.5. The lowest BCUT2D eigenvalue weighted by Crippen LogP contribution is -2.25. The maximum atomic E-state index is 12.1. The number of hydrogen-bond acceptors (Lipinski definition) is 4. The number of nitrogens with one attached hydrogen (secondary N) is 2. The van der Waals surface area contributed by atoms with E-state index in [0.717, 1.165) is 11.4 Å². The Labute approximate surface area is 136 Å². The normalized spacial score (nSPS) is 15.1. The van der Waals surface area contributed by atoms with E-state index in [9.17, 15) is 4.79 Å². The molecule has 1 aliphatic rings. The van der Waals surface area contributed by atoms with Gasteiger partial charge in [-0.05, 0) is 18.4 Å². The zero-order valence-electron chi connectivity index (χ0n) is 13.2. The third-order valence-electron chi connectivity index (χ3n) is 4.14. The van der Waals surface area contributed by atoms with Crippen LogP contribution in [0, 0.1) is 0 Å². The molecule has 1 saturated carbocycles. The predicted octanol–water partition coefficient (Wildman–Crippen LogP) is 3.15. The fourth-order valence-corrected chi connectivity index (χ4v) is 2.84. The predicted molar refractivity (Wildman–Crippen MR) is 90.1 cm³/mol. The van der Waals surface area contributed by atoms with E-state index in [-0.39, 0.29) is 5.91 Å². The highest BCUT2D eigenvalue weighted by atomic mass is 16.1. The Morgan fingerprint density at radius 3 is 2.52 bits per heavy atom. The van der Waals surface area contributed by atoms with E-state index in [4.69, 9.17) is 0 Å². The van der Waals surface area contributed by atoms with E-state index < -0.39 is 0 Å². The molecule has 1 heterocycles. The van der Waals surface area contributed by atoms with E-state index in [2.05, 4.69) is 20.6 Å². The number of amides is 1. The fourth-order valence-electron chi connectivity index (χ4n) is 2.84. The van der Waals surface area contributed by atoms with Crippen molar-refractivity contribution in [1.29, 1.82) is 0 Å². The molecule has 0 unspecified atom stereocenters. The van der Waals surface area contributed by atoms with Gasteiger partial charge in [0.1, 0.15) is 11.5 Å². The van der Waals surface area contributed by atoms with Gasteiger partial charge in [0.25, 0.3) is 5.91 Å². The molecule has 5 heteroatoms. The molecule has 1 aliphatic carbocycles. The minimum absolute atomic E-state index is 0.203. The van der Waals surface area contributed by atoms with Gasteiger partial charge in [0.05, 0.1) is 12.4 Å². The molecule has 0 radical (unpaired) electrons. The number of carbonyl (C=O) groups excluding carboxylic acids is 1. The molecule has 0 aliphatic heterocycles. The first-order valence-corrected chi connectivity index (χ1v) is 8.22. The number of hydrogen-bond donors (Lipinski definition) is 2. The topological polar surface area (TPSA) is 66.9 Å². The SMILES string of the molecule is O=C(NCc1ccccc1)c1cnc(NC2CCCCC2)cn1. The van der Waals surface area contributed by atoms with Crippen LogP contribution in [0.1, 0.15) is 48.2 Å². The van der Waals surface area contributed by atoms with Gasteiger partial charge >= 0.3 is 0 Å². The van der Waals surface area contributed by atoms with Crippen LogP contribution >= 0.6 is 0 Å². The molecule has 0 spiro atoms. The van der Waals surface area contributed by atoms with Crippen LogP contribution in [0.25, 0.3) is 0 Å². The standard InChI is InChI=1S/C18H22N4O/c23-18(21-11-14-7-3-1-4-8-14)16-12-20-17(13-19-16)22-15-9-5-2-6-10-15/h1,3-4,7-8,12-13,15H,2,5-6,9-11H2,(H,20,22)(H,21,23). The molecule has 2 N–H and O–H groups in total. The molecule has 1 aromatic carbocycles. The third-order valence-corrected chi connectivity index (χ3v) is 4.14. The van der Waals surface area contributed by atoms with Crippen LogP contribution in [0.4, 0.5) is 5.82 Å². The molecule has 120 valence electrons. The van der Waals surface area contributed by atoms with Gasteiger partial charge in [-0.1, -0.05) is 49.6 Å². The summed E-state index contributed by atoms with van der Waals surface area (Å²) in [5, 5.41) is 6.25. The molecule has 0 atom stereocenters. The second-order valence-electron chi connectivity index (χ2n) is 5.93. The lowest BCUT2D eigenvalue weighted by atomic mass is 9.96. The molecule has 1 fully saturated rings. The summed E-state index contributed by atoms with van der Waals surface area (Å²) in [5.74, 6) is 0.544. The van der Waals surface area contributed by atoms with Crippen LogP contribution in [-0.4, -0.2) is 21.9 Å². The summed E-state index contributed by atoms with van der Waals surface area (Å²) in [7, 11) is 0. The molecule has 23 heavy (non-hydrogen) atoms. The highest BCUT2D eigenvalue weighted by molar-refractivity contribution is 5.91. The largest absolute Gasteiger partial charge is 0.366 e. The second-order valence-corrected chi connectivity index (χ2v) is 5.93. The fraction of sp³-hybridized carbons (Fsp3) is 0.389. The van der Waals surface area contributed by atoms with Crippen molar-refractivity contribution < 1.29 is 4.79 Å². The Bertz CT molecular complexity index is 621. The highest BCUT2D eigenvalue weighted by Crippen LogP contribution is 2.20. The van der Waals surface area contributed by atoms with E-state index in [0.29, 0.717) is 18.3 Å². The highest BCUT2D eigenvalue weighted by Gasteiger charge is 2.14. The monoisotopic (exact) mass is 310 g/mol. The van der Waals surface area contributed by atoms with Crippen LogP contribution in [0.2, 0.25) is 0 Å². The average Bonchev–Trinajstić information content (AvgIpc) is 2.62. The van der Waals surface area contributed by atoms with Crippen molar-refractivity contribution in [2.24, 2.45) is 0 Å². The lowest BCUT2D eigenvalue weighted by Gasteiger charge is -2.23. The quantitative estimate of drug-likeness (QED) is 0.890. The van der Waals surface area contributed by atoms with Crippen molar-refractivity contribution in [2.45, 2.75) is 44.7 Å². The molecular formula is C18H22N4O. The van der Waals surface area contributed by atoms with Gasteiger partial charge in [0.2, 0.25) is 0 Å². The summed E-state index contributed by atoms with van der Waals surface area (Å²) in [6.07, 6.45) is 9.40. The molecule has 1 aromatic heterocycles. The van der Waals surface area contributed by atoms with Crippen LogP contribution in [0.15, 0.2) is 42.7 Å². The number of nitrogens with zero attached hydrogens (tertiary/aromatic N) is 2. The summed E-state index contributed by atoms with van der Waals surface area (Å²) in [5.41, 5.74) is 1.40. The van der Waals surface area contributed by atoms with Crippen molar-refractivity contribution in [3.8, 4) is 0 Å². The van der Waals surface area contributed by atoms with Crippen molar-refractivity contribution in [1.82, 2.24) is 15.3 Å². The molecule has 5 nitrogen and oxygen atoms in total. The summed E-state index contributed by atoms with van der Waals surface area (Å²) >= 11 is 0. The van der Waals surface area contributed by atoms with Gasteiger partial charge in [-0.3, -0.25) is 4.79 Å². The van der Waals surface area contributed by atoms with Gasteiger partial charge in [-0.25, -0.2) is 9.97 Å². The molecule has 0 bridgehead atoms. The van der Waals surface area contributed by atoms with Crippen LogP contribution in [-0.2, 0) is 6.54 Å². The number of rotatable bonds is 5. The number of aromatic nitrogens is 2. The number of anilines is 1. The maximum Gasteiger partial charge on any atom is 0.271 e. The summed E-state index contributed by atoms with van der Waals surface area (Å²) in [6.45, 7) is 0.490. The first-order chi connectivity index (χ1) is 11.3. The Hall–Kier alpha value is -2.43. The zero-order valence-corrected chi connectivity index (χ0v) is 13.2. The minimum atomic E-state index is -0.203. The minimum Gasteiger partial charge on any atom is -0.366 e. The van der Waals surface area contributed by atoms with E-state index in [1.807, 2.05) is 30.3 Å². The maximum absolute atomic E-state index is 12.1. The molecule has 2 aromatic rings. The zero-order chi connectivity index (χ0) is 15.9. The van der Waals surface area contributed by atoms with E-state index in [1.165, 1.54) is 38.3 Å². The molecular weight excluding hydrogens is 288 g/mol. The van der Waals surface area contributed by atoms with Crippen LogP contribution in [0.3, 0.4) is 0 Å². The summed E-state index contributed by atoms with van der Waals surface area (Å²) in [6, 6.07) is 10.3. The number of carbonyl (C=O) groups is 1. The van der Waals surface area contributed by atoms with Crippen LogP contribution < -0.4 is 10.6 Å². The molecule has 0 saturated heterocycles. The second kappa shape index (κ2) is 7.72. The van der Waals surface area contributed by atoms with Gasteiger partial charge in [0, 0.05) is 12.6 Å². The Morgan fingerprint density at radius 2 is 1.83 bits per heavy atom. The van der Waals surface area contributed by atoms with Crippen molar-refractivity contribution in [3.63, 3.8) is 0 Å². The van der Waals surface area contributed by atoms with Gasteiger partial charge < -0.3 is 10.6 Å². The Morgan fingerprint density at radius 1 is 1.04 bits per heavy atom. The molecule has 1 amide bonds. The molecule has 3 rings (SSSR count). The Balaban J connectivity index is 1.52. The van der Waals surface area contributed by atoms with E-state index in [1.54, 1.807) is 6.20 Å². The van der Waals surface area contributed by atoms with Gasteiger partial charge in [0.15, 0.2) is 0 Å². The summed E-state index contributed by atoms with van der Waals surface area (Å²) < 4.78 is 0. The third kappa shape index (κ3) is 4.52. The summed E-state index contributed by atoms with van der Waals surface area (Å²) in [4.78, 5) is 20.6. The van der Waals surface area contributed by atoms with E-state index >= 15 is 0 Å². The lowest BCUT2D eigenvalue weighted by molar-refractivity contribution is 0.0945.